The summed E-state index contributed by atoms with van der Waals surface area (Å²) in [4.78, 5) is 15.1. The number of para-hydroxylation sites is 1. The third-order valence-corrected chi connectivity index (χ3v) is 7.28. The van der Waals surface area contributed by atoms with Crippen molar-refractivity contribution in [3.05, 3.63) is 77.4 Å². The number of nitrogens with one attached hydrogen (secondary N) is 2. The Balaban J connectivity index is 1.62. The normalized spacial score (nSPS) is 12.4. The first kappa shape index (κ1) is 22.8. The minimum absolute atomic E-state index is 0.0288. The summed E-state index contributed by atoms with van der Waals surface area (Å²) >= 11 is 6.06. The van der Waals surface area contributed by atoms with Crippen molar-refractivity contribution >= 4 is 61.0 Å². The van der Waals surface area contributed by atoms with Crippen molar-refractivity contribution in [2.24, 2.45) is 0 Å². The van der Waals surface area contributed by atoms with Crippen molar-refractivity contribution in [1.29, 1.82) is 0 Å². The maximum Gasteiger partial charge on any atom is 0.410 e. The molecule has 0 radical (unpaired) electrons. The van der Waals surface area contributed by atoms with E-state index in [4.69, 9.17) is 21.1 Å². The molecule has 3 N–H and O–H groups in total. The molecular formula is C21H16ClN3O6S2. The second kappa shape index (κ2) is 9.22. The van der Waals surface area contributed by atoms with E-state index in [2.05, 4.69) is 15.0 Å². The molecule has 0 aliphatic heterocycles. The summed E-state index contributed by atoms with van der Waals surface area (Å²) in [6, 6.07) is 17.1. The van der Waals surface area contributed by atoms with Crippen molar-refractivity contribution in [3.8, 4) is 0 Å². The molecular weight excluding hydrogens is 490 g/mol. The number of hydrogen-bond donors (Lipinski definition) is 3. The number of nitrogens with zero attached hydrogens (tertiary/aromatic N) is 1. The van der Waals surface area contributed by atoms with Gasteiger partial charge in [-0.1, -0.05) is 35.9 Å². The third-order valence-electron chi connectivity index (χ3n) is 4.42. The van der Waals surface area contributed by atoms with Gasteiger partial charge in [0.1, 0.15) is 11.4 Å². The van der Waals surface area contributed by atoms with E-state index in [1.807, 2.05) is 0 Å². The quantitative estimate of drug-likeness (QED) is 0.331. The Bertz CT molecular complexity index is 1450. The zero-order chi connectivity index (χ0) is 23.6. The van der Waals surface area contributed by atoms with Crippen LogP contribution in [0.5, 0.6) is 0 Å². The van der Waals surface area contributed by atoms with E-state index in [-0.39, 0.29) is 32.3 Å². The lowest BCUT2D eigenvalue weighted by atomic mass is 10.3. The number of halogens is 1. The Hall–Kier alpha value is -3.41. The lowest BCUT2D eigenvalue weighted by Gasteiger charge is -2.12. The molecule has 2 aromatic carbocycles. The number of anilines is 2. The van der Waals surface area contributed by atoms with Gasteiger partial charge in [-0.05, 0) is 36.4 Å². The summed E-state index contributed by atoms with van der Waals surface area (Å²) in [6.07, 6.45) is -1.28. The van der Waals surface area contributed by atoms with Crippen molar-refractivity contribution < 1.29 is 26.9 Å². The molecule has 0 fully saturated rings. The summed E-state index contributed by atoms with van der Waals surface area (Å²) in [5, 5.41) is 11.5. The molecule has 4 aromatic rings. The highest BCUT2D eigenvalue weighted by Gasteiger charge is 2.23. The van der Waals surface area contributed by atoms with Crippen LogP contribution in [0.1, 0.15) is 5.69 Å². The van der Waals surface area contributed by atoms with Gasteiger partial charge >= 0.3 is 6.09 Å². The van der Waals surface area contributed by atoms with Crippen LogP contribution in [0.25, 0.3) is 11.0 Å². The van der Waals surface area contributed by atoms with Gasteiger partial charge in [-0.25, -0.2) is 9.78 Å². The number of fused-ring (bicyclic) bond motifs is 1. The predicted octanol–water partition coefficient (Wildman–Crippen LogP) is 4.68. The Morgan fingerprint density at radius 2 is 1.88 bits per heavy atom. The lowest BCUT2D eigenvalue weighted by molar-refractivity contribution is 0.209. The fourth-order valence-electron chi connectivity index (χ4n) is 3.02. The Morgan fingerprint density at radius 3 is 2.64 bits per heavy atom. The number of rotatable bonds is 7. The van der Waals surface area contributed by atoms with Gasteiger partial charge in [0.15, 0.2) is 0 Å². The van der Waals surface area contributed by atoms with Crippen LogP contribution in [0.4, 0.5) is 16.3 Å². The minimum atomic E-state index is -4.14. The Morgan fingerprint density at radius 1 is 1.09 bits per heavy atom. The largest absolute Gasteiger partial charge is 0.465 e. The average molecular weight is 506 g/mol. The lowest BCUT2D eigenvalue weighted by Crippen LogP contribution is -2.14. The molecule has 0 spiro atoms. The molecule has 0 saturated carbocycles. The summed E-state index contributed by atoms with van der Waals surface area (Å²) < 4.78 is 46.8. The van der Waals surface area contributed by atoms with Crippen molar-refractivity contribution in [3.63, 3.8) is 0 Å². The van der Waals surface area contributed by atoms with Crippen LogP contribution in [0.3, 0.4) is 0 Å². The molecule has 1 unspecified atom stereocenters. The van der Waals surface area contributed by atoms with E-state index < -0.39 is 26.9 Å². The number of amides is 1. The number of carbonyl (C=O) groups is 1. The van der Waals surface area contributed by atoms with Crippen LogP contribution in [0, 0.1) is 0 Å². The molecule has 0 saturated heterocycles. The fourth-order valence-corrected chi connectivity index (χ4v) is 5.45. The molecule has 1 amide bonds. The number of furan rings is 1. The van der Waals surface area contributed by atoms with Gasteiger partial charge in [0.2, 0.25) is 5.09 Å². The highest BCUT2D eigenvalue weighted by molar-refractivity contribution is 7.92. The van der Waals surface area contributed by atoms with Gasteiger partial charge in [0.05, 0.1) is 32.8 Å². The summed E-state index contributed by atoms with van der Waals surface area (Å²) in [5.74, 6) is -0.00483. The van der Waals surface area contributed by atoms with Gasteiger partial charge in [0, 0.05) is 16.5 Å². The third kappa shape index (κ3) is 5.33. The summed E-state index contributed by atoms with van der Waals surface area (Å²) in [5.41, 5.74) is 0.787. The Kier molecular flexibility index (Phi) is 6.36. The number of hydrogen-bond acceptors (Lipinski definition) is 6. The van der Waals surface area contributed by atoms with Crippen LogP contribution >= 0.6 is 11.6 Å². The first-order valence-electron chi connectivity index (χ1n) is 9.36. The van der Waals surface area contributed by atoms with Crippen LogP contribution in [-0.4, -0.2) is 28.8 Å². The molecule has 33 heavy (non-hydrogen) atoms. The van der Waals surface area contributed by atoms with Crippen molar-refractivity contribution in [2.45, 2.75) is 15.7 Å². The Labute approximate surface area is 195 Å². The number of carboxylic acid groups (broad SMARTS) is 1. The molecule has 2 aromatic heterocycles. The molecule has 4 rings (SSSR count). The SMILES string of the molecule is O=C(O)Nc1cccc(CS(=O)c2ccc(Cl)cc2NS(=O)(=O)c2cc3ccccc3o2)n1. The average Bonchev–Trinajstić information content (AvgIpc) is 3.19. The molecule has 9 nitrogen and oxygen atoms in total. The summed E-state index contributed by atoms with van der Waals surface area (Å²) in [7, 11) is -5.88. The first-order valence-corrected chi connectivity index (χ1v) is 12.5. The predicted molar refractivity (Wildman–Crippen MR) is 124 cm³/mol. The van der Waals surface area contributed by atoms with Gasteiger partial charge < -0.3 is 9.52 Å². The monoisotopic (exact) mass is 505 g/mol. The first-order chi connectivity index (χ1) is 15.7. The van der Waals surface area contributed by atoms with Crippen molar-refractivity contribution in [2.75, 3.05) is 10.0 Å². The molecule has 170 valence electrons. The highest BCUT2D eigenvalue weighted by Crippen LogP contribution is 2.30. The van der Waals surface area contributed by atoms with E-state index in [0.29, 0.717) is 16.7 Å². The molecule has 1 atom stereocenters. The van der Waals surface area contributed by atoms with E-state index in [1.54, 1.807) is 36.4 Å². The number of pyridine rings is 1. The van der Waals surface area contributed by atoms with Gasteiger partial charge in [0.25, 0.3) is 10.0 Å². The molecule has 0 bridgehead atoms. The second-order valence-electron chi connectivity index (χ2n) is 6.78. The van der Waals surface area contributed by atoms with Crippen LogP contribution < -0.4 is 10.0 Å². The molecule has 2 heterocycles. The van der Waals surface area contributed by atoms with Crippen LogP contribution in [0.2, 0.25) is 5.02 Å². The van der Waals surface area contributed by atoms with Crippen LogP contribution in [0.15, 0.2) is 81.1 Å². The number of sulfonamides is 1. The minimum Gasteiger partial charge on any atom is -0.465 e. The van der Waals surface area contributed by atoms with Gasteiger partial charge in [-0.3, -0.25) is 14.2 Å². The molecule has 0 aliphatic carbocycles. The number of aromatic nitrogens is 1. The second-order valence-corrected chi connectivity index (χ2v) is 10.3. The van der Waals surface area contributed by atoms with Gasteiger partial charge in [-0.15, -0.1) is 0 Å². The highest BCUT2D eigenvalue weighted by atomic mass is 35.5. The van der Waals surface area contributed by atoms with E-state index in [1.165, 1.54) is 30.3 Å². The number of benzene rings is 2. The topological polar surface area (TPSA) is 139 Å². The van der Waals surface area contributed by atoms with E-state index in [9.17, 15) is 17.4 Å². The zero-order valence-corrected chi connectivity index (χ0v) is 19.1. The van der Waals surface area contributed by atoms with Crippen LogP contribution in [-0.2, 0) is 26.6 Å². The molecule has 12 heteroatoms. The maximum absolute atomic E-state index is 13.1. The fraction of sp³-hybridized carbons (Fsp3) is 0.0476. The maximum atomic E-state index is 13.1. The standard InChI is InChI=1S/C21H16ClN3O6S2/c22-14-8-9-18(32(28)12-15-5-3-7-19(23-15)24-21(26)27)16(11-14)25-33(29,30)20-10-13-4-1-2-6-17(13)31-20/h1-11,25H,12H2,(H,23,24)(H,26,27). The zero-order valence-electron chi connectivity index (χ0n) is 16.7. The summed E-state index contributed by atoms with van der Waals surface area (Å²) in [6.45, 7) is 0. The van der Waals surface area contributed by atoms with E-state index >= 15 is 0 Å². The van der Waals surface area contributed by atoms with E-state index in [0.717, 1.165) is 0 Å². The van der Waals surface area contributed by atoms with Gasteiger partial charge in [-0.2, -0.15) is 8.42 Å². The van der Waals surface area contributed by atoms with Crippen molar-refractivity contribution in [1.82, 2.24) is 4.98 Å². The molecule has 0 aliphatic rings. The smallest absolute Gasteiger partial charge is 0.410 e.